The van der Waals surface area contributed by atoms with Crippen LogP contribution in [0.5, 0.6) is 0 Å². The van der Waals surface area contributed by atoms with Crippen LogP contribution in [-0.2, 0) is 13.1 Å². The van der Waals surface area contributed by atoms with Gasteiger partial charge in [-0.05, 0) is 37.3 Å². The maximum Gasteiger partial charge on any atom is 0.141 e. The highest BCUT2D eigenvalue weighted by atomic mass is 32.1. The Hall–Kier alpha value is -1.46. The zero-order valence-electron chi connectivity index (χ0n) is 12.2. The van der Waals surface area contributed by atoms with Gasteiger partial charge in [-0.1, -0.05) is 6.07 Å². The molecule has 0 aliphatic heterocycles. The smallest absolute Gasteiger partial charge is 0.141 e. The van der Waals surface area contributed by atoms with Gasteiger partial charge in [-0.3, -0.25) is 0 Å². The topological polar surface area (TPSA) is 28.2 Å². The van der Waals surface area contributed by atoms with Gasteiger partial charge in [-0.2, -0.15) is 0 Å². The predicted molar refractivity (Wildman–Crippen MR) is 85.1 cm³/mol. The van der Waals surface area contributed by atoms with Crippen LogP contribution < -0.4 is 10.2 Å². The first-order valence-electron chi connectivity index (χ1n) is 7.41. The van der Waals surface area contributed by atoms with Crippen LogP contribution >= 0.6 is 11.3 Å². The lowest BCUT2D eigenvalue weighted by molar-refractivity contribution is 0.609. The van der Waals surface area contributed by atoms with Gasteiger partial charge in [0, 0.05) is 29.6 Å². The molecule has 2 heterocycles. The summed E-state index contributed by atoms with van der Waals surface area (Å²) in [7, 11) is 0. The van der Waals surface area contributed by atoms with Gasteiger partial charge in [-0.25, -0.2) is 9.37 Å². The first-order chi connectivity index (χ1) is 10.3. The lowest BCUT2D eigenvalue weighted by Gasteiger charge is -2.24. The van der Waals surface area contributed by atoms with E-state index in [0.29, 0.717) is 12.6 Å². The summed E-state index contributed by atoms with van der Waals surface area (Å²) in [5, 5.41) is 5.53. The summed E-state index contributed by atoms with van der Waals surface area (Å²) in [4.78, 5) is 7.84. The van der Waals surface area contributed by atoms with Gasteiger partial charge in [0.05, 0.1) is 12.7 Å². The van der Waals surface area contributed by atoms with Crippen LogP contribution in [0, 0.1) is 5.82 Å². The van der Waals surface area contributed by atoms with Crippen molar-refractivity contribution in [2.24, 2.45) is 0 Å². The SMILES string of the molecule is CCN(Cc1cccs1)c1ncc(F)cc1CNC1CC1. The van der Waals surface area contributed by atoms with Crippen molar-refractivity contribution in [3.63, 3.8) is 0 Å². The van der Waals surface area contributed by atoms with Gasteiger partial charge in [0.1, 0.15) is 11.6 Å². The first-order valence-corrected chi connectivity index (χ1v) is 8.29. The van der Waals surface area contributed by atoms with Crippen LogP contribution in [0.25, 0.3) is 0 Å². The Bertz CT molecular complexity index is 581. The van der Waals surface area contributed by atoms with E-state index in [-0.39, 0.29) is 5.82 Å². The molecule has 5 heteroatoms. The summed E-state index contributed by atoms with van der Waals surface area (Å²) in [6.07, 6.45) is 3.77. The third-order valence-electron chi connectivity index (χ3n) is 3.68. The Balaban J connectivity index is 1.79. The third kappa shape index (κ3) is 3.80. The number of anilines is 1. The minimum absolute atomic E-state index is 0.265. The number of pyridine rings is 1. The van der Waals surface area contributed by atoms with Gasteiger partial charge < -0.3 is 10.2 Å². The highest BCUT2D eigenvalue weighted by Gasteiger charge is 2.21. The van der Waals surface area contributed by atoms with E-state index in [1.165, 1.54) is 23.9 Å². The normalized spacial score (nSPS) is 14.4. The molecule has 0 amide bonds. The lowest BCUT2D eigenvalue weighted by atomic mass is 10.2. The van der Waals surface area contributed by atoms with E-state index >= 15 is 0 Å². The molecule has 3 rings (SSSR count). The number of aromatic nitrogens is 1. The van der Waals surface area contributed by atoms with Crippen molar-refractivity contribution in [3.8, 4) is 0 Å². The number of nitrogens with zero attached hydrogens (tertiary/aromatic N) is 2. The number of rotatable bonds is 7. The monoisotopic (exact) mass is 305 g/mol. The quantitative estimate of drug-likeness (QED) is 0.848. The van der Waals surface area contributed by atoms with Crippen molar-refractivity contribution in [2.45, 2.75) is 38.9 Å². The van der Waals surface area contributed by atoms with Crippen molar-refractivity contribution in [1.82, 2.24) is 10.3 Å². The zero-order chi connectivity index (χ0) is 14.7. The Kier molecular flexibility index (Phi) is 4.51. The average molecular weight is 305 g/mol. The third-order valence-corrected chi connectivity index (χ3v) is 4.54. The zero-order valence-corrected chi connectivity index (χ0v) is 13.0. The van der Waals surface area contributed by atoms with E-state index < -0.39 is 0 Å². The Morgan fingerprint density at radius 1 is 1.48 bits per heavy atom. The summed E-state index contributed by atoms with van der Waals surface area (Å²) >= 11 is 1.74. The predicted octanol–water partition coefficient (Wildman–Crippen LogP) is 3.56. The van der Waals surface area contributed by atoms with E-state index in [1.54, 1.807) is 17.4 Å². The maximum absolute atomic E-state index is 13.5. The van der Waals surface area contributed by atoms with Crippen molar-refractivity contribution >= 4 is 17.2 Å². The summed E-state index contributed by atoms with van der Waals surface area (Å²) in [5.41, 5.74) is 0.945. The van der Waals surface area contributed by atoms with Crippen LogP contribution in [0.3, 0.4) is 0 Å². The van der Waals surface area contributed by atoms with Crippen molar-refractivity contribution in [1.29, 1.82) is 0 Å². The molecule has 1 fully saturated rings. The molecule has 112 valence electrons. The standard InChI is InChI=1S/C16H20FN3S/c1-2-20(11-15-4-3-7-21-15)16-12(8-13(17)10-19-16)9-18-14-5-6-14/h3-4,7-8,10,14,18H,2,5-6,9,11H2,1H3. The fourth-order valence-electron chi connectivity index (χ4n) is 2.36. The van der Waals surface area contributed by atoms with E-state index in [2.05, 4.69) is 39.6 Å². The minimum Gasteiger partial charge on any atom is -0.351 e. The highest BCUT2D eigenvalue weighted by molar-refractivity contribution is 7.09. The minimum atomic E-state index is -0.265. The Morgan fingerprint density at radius 2 is 2.33 bits per heavy atom. The molecular formula is C16H20FN3S. The van der Waals surface area contributed by atoms with E-state index in [9.17, 15) is 4.39 Å². The fraction of sp³-hybridized carbons (Fsp3) is 0.438. The van der Waals surface area contributed by atoms with Crippen molar-refractivity contribution in [3.05, 3.63) is 46.0 Å². The van der Waals surface area contributed by atoms with Crippen LogP contribution in [0.1, 0.15) is 30.2 Å². The Labute approximate surface area is 128 Å². The van der Waals surface area contributed by atoms with E-state index in [4.69, 9.17) is 0 Å². The van der Waals surface area contributed by atoms with Crippen LogP contribution in [0.2, 0.25) is 0 Å². The van der Waals surface area contributed by atoms with Gasteiger partial charge in [0.25, 0.3) is 0 Å². The molecular weight excluding hydrogens is 285 g/mol. The molecule has 1 aliphatic carbocycles. The molecule has 0 saturated heterocycles. The number of hydrogen-bond acceptors (Lipinski definition) is 4. The highest BCUT2D eigenvalue weighted by Crippen LogP contribution is 2.24. The summed E-state index contributed by atoms with van der Waals surface area (Å²) in [5.74, 6) is 0.624. The summed E-state index contributed by atoms with van der Waals surface area (Å²) in [6.45, 7) is 4.47. The second-order valence-corrected chi connectivity index (χ2v) is 6.42. The number of halogens is 1. The number of thiophene rings is 1. The molecule has 0 unspecified atom stereocenters. The largest absolute Gasteiger partial charge is 0.351 e. The van der Waals surface area contributed by atoms with Crippen molar-refractivity contribution in [2.75, 3.05) is 11.4 Å². The number of hydrogen-bond donors (Lipinski definition) is 1. The average Bonchev–Trinajstić information content (AvgIpc) is 3.18. The lowest BCUT2D eigenvalue weighted by Crippen LogP contribution is -2.26. The second kappa shape index (κ2) is 6.54. The molecule has 1 aliphatic rings. The molecule has 0 bridgehead atoms. The summed E-state index contributed by atoms with van der Waals surface area (Å²) < 4.78 is 13.5. The molecule has 2 aromatic rings. The molecule has 0 atom stereocenters. The molecule has 21 heavy (non-hydrogen) atoms. The molecule has 1 N–H and O–H groups in total. The Morgan fingerprint density at radius 3 is 3.00 bits per heavy atom. The molecule has 1 saturated carbocycles. The maximum atomic E-state index is 13.5. The van der Waals surface area contributed by atoms with Crippen LogP contribution in [0.15, 0.2) is 29.8 Å². The molecule has 0 aromatic carbocycles. The molecule has 0 spiro atoms. The van der Waals surface area contributed by atoms with E-state index in [1.807, 2.05) is 0 Å². The van der Waals surface area contributed by atoms with Crippen molar-refractivity contribution < 1.29 is 4.39 Å². The number of nitrogens with one attached hydrogen (secondary N) is 1. The van der Waals surface area contributed by atoms with Crippen LogP contribution in [-0.4, -0.2) is 17.6 Å². The first kappa shape index (κ1) is 14.5. The van der Waals surface area contributed by atoms with Crippen LogP contribution in [0.4, 0.5) is 10.2 Å². The fourth-order valence-corrected chi connectivity index (χ4v) is 3.08. The van der Waals surface area contributed by atoms with Gasteiger partial charge in [0.2, 0.25) is 0 Å². The second-order valence-electron chi connectivity index (χ2n) is 5.38. The van der Waals surface area contributed by atoms with Gasteiger partial charge in [-0.15, -0.1) is 11.3 Å². The molecule has 3 nitrogen and oxygen atoms in total. The van der Waals surface area contributed by atoms with E-state index in [0.717, 1.165) is 24.5 Å². The summed E-state index contributed by atoms with van der Waals surface area (Å²) in [6, 6.07) is 6.39. The molecule has 0 radical (unpaired) electrons. The molecule has 2 aromatic heterocycles. The van der Waals surface area contributed by atoms with Gasteiger partial charge >= 0.3 is 0 Å². The van der Waals surface area contributed by atoms with Gasteiger partial charge in [0.15, 0.2) is 0 Å².